The van der Waals surface area contributed by atoms with E-state index < -0.39 is 0 Å². The summed E-state index contributed by atoms with van der Waals surface area (Å²) in [6, 6.07) is 10.3. The Kier molecular flexibility index (Phi) is 3.25. The summed E-state index contributed by atoms with van der Waals surface area (Å²) in [6.07, 6.45) is 1.85. The third-order valence-corrected chi connectivity index (χ3v) is 5.31. The summed E-state index contributed by atoms with van der Waals surface area (Å²) in [5.41, 5.74) is 7.64. The number of nitrogens with one attached hydrogen (secondary N) is 1. The zero-order valence-electron chi connectivity index (χ0n) is 15.7. The van der Waals surface area contributed by atoms with E-state index in [0.717, 1.165) is 27.7 Å². The number of aromatic nitrogens is 5. The molecule has 134 valence electrons. The minimum atomic E-state index is 0.489. The van der Waals surface area contributed by atoms with Crippen LogP contribution in [0.25, 0.3) is 44.8 Å². The van der Waals surface area contributed by atoms with E-state index in [-0.39, 0.29) is 0 Å². The number of hydrogen-bond acceptors (Lipinski definition) is 4. The highest BCUT2D eigenvalue weighted by molar-refractivity contribution is 5.90. The van der Waals surface area contributed by atoms with Crippen LogP contribution < -0.4 is 0 Å². The predicted octanol–water partition coefficient (Wildman–Crippen LogP) is 4.70. The van der Waals surface area contributed by atoms with Crippen molar-refractivity contribution in [2.24, 2.45) is 7.05 Å². The molecule has 0 aliphatic carbocycles. The number of aryl methyl sites for hydroxylation is 4. The van der Waals surface area contributed by atoms with E-state index in [4.69, 9.17) is 4.52 Å². The van der Waals surface area contributed by atoms with Gasteiger partial charge in [0.05, 0.1) is 11.7 Å². The fourth-order valence-electron chi connectivity index (χ4n) is 3.62. The second kappa shape index (κ2) is 5.54. The topological polar surface area (TPSA) is 72.5 Å². The molecule has 0 saturated heterocycles. The zero-order chi connectivity index (χ0) is 18.7. The maximum absolute atomic E-state index is 5.55. The van der Waals surface area contributed by atoms with Crippen LogP contribution in [0.2, 0.25) is 0 Å². The van der Waals surface area contributed by atoms with Gasteiger partial charge in [0.2, 0.25) is 5.82 Å². The Hall–Kier alpha value is -3.41. The average molecular weight is 357 g/mol. The lowest BCUT2D eigenvalue weighted by Gasteiger charge is -2.04. The molecule has 0 amide bonds. The van der Waals surface area contributed by atoms with E-state index in [2.05, 4.69) is 53.1 Å². The molecule has 0 spiro atoms. The highest BCUT2D eigenvalue weighted by Crippen LogP contribution is 2.30. The number of aromatic amines is 1. The van der Waals surface area contributed by atoms with Gasteiger partial charge in [-0.05, 0) is 49.6 Å². The molecule has 0 unspecified atom stereocenters. The predicted molar refractivity (Wildman–Crippen MR) is 106 cm³/mol. The minimum absolute atomic E-state index is 0.489. The van der Waals surface area contributed by atoms with Gasteiger partial charge in [0, 0.05) is 28.9 Å². The highest BCUT2D eigenvalue weighted by atomic mass is 16.5. The van der Waals surface area contributed by atoms with Gasteiger partial charge in [-0.1, -0.05) is 23.4 Å². The first kappa shape index (κ1) is 15.8. The van der Waals surface area contributed by atoms with Crippen molar-refractivity contribution < 1.29 is 4.52 Å². The van der Waals surface area contributed by atoms with E-state index in [1.807, 2.05) is 36.1 Å². The molecule has 0 fully saturated rings. The van der Waals surface area contributed by atoms with Crippen molar-refractivity contribution in [3.8, 4) is 23.0 Å². The van der Waals surface area contributed by atoms with Gasteiger partial charge >= 0.3 is 0 Å². The molecule has 0 bridgehead atoms. The van der Waals surface area contributed by atoms with Crippen LogP contribution in [0.1, 0.15) is 16.7 Å². The van der Waals surface area contributed by atoms with Crippen LogP contribution in [0.5, 0.6) is 0 Å². The number of hydrogen-bond donors (Lipinski definition) is 1. The standard InChI is InChI=1S/C21H19N5O/c1-11-7-12(2)16-9-17(23-19(16)13(11)3)21-24-20(25-27-21)14-5-6-15-10-22-26(4)18(15)8-14/h5-10,23H,1-4H3. The Balaban J connectivity index is 1.60. The van der Waals surface area contributed by atoms with Crippen LogP contribution >= 0.6 is 0 Å². The molecular formula is C21H19N5O. The molecule has 1 N–H and O–H groups in total. The first-order valence-electron chi connectivity index (χ1n) is 8.87. The van der Waals surface area contributed by atoms with Gasteiger partial charge in [-0.3, -0.25) is 4.68 Å². The van der Waals surface area contributed by atoms with Crippen molar-refractivity contribution >= 4 is 21.8 Å². The van der Waals surface area contributed by atoms with Crippen molar-refractivity contribution in [3.63, 3.8) is 0 Å². The zero-order valence-corrected chi connectivity index (χ0v) is 15.7. The van der Waals surface area contributed by atoms with Gasteiger partial charge in [0.1, 0.15) is 5.69 Å². The minimum Gasteiger partial charge on any atom is -0.350 e. The van der Waals surface area contributed by atoms with Gasteiger partial charge in [0.25, 0.3) is 5.89 Å². The number of fused-ring (bicyclic) bond motifs is 2. The van der Waals surface area contributed by atoms with Gasteiger partial charge in [-0.25, -0.2) is 0 Å². The van der Waals surface area contributed by atoms with Crippen LogP contribution in [-0.2, 0) is 7.05 Å². The molecule has 0 saturated carbocycles. The third kappa shape index (κ3) is 2.37. The second-order valence-corrected chi connectivity index (χ2v) is 7.07. The molecule has 2 aromatic carbocycles. The summed E-state index contributed by atoms with van der Waals surface area (Å²) in [5.74, 6) is 1.05. The fourth-order valence-corrected chi connectivity index (χ4v) is 3.62. The van der Waals surface area contributed by atoms with Gasteiger partial charge in [-0.15, -0.1) is 0 Å². The molecule has 0 aliphatic rings. The summed E-state index contributed by atoms with van der Waals surface area (Å²) >= 11 is 0. The Morgan fingerprint density at radius 1 is 1.04 bits per heavy atom. The molecular weight excluding hydrogens is 338 g/mol. The lowest BCUT2D eigenvalue weighted by atomic mass is 10.0. The molecule has 5 rings (SSSR count). The molecule has 0 aliphatic heterocycles. The number of rotatable bonds is 2. The van der Waals surface area contributed by atoms with Crippen LogP contribution in [0, 0.1) is 20.8 Å². The maximum Gasteiger partial charge on any atom is 0.274 e. The Labute approximate surface area is 155 Å². The summed E-state index contributed by atoms with van der Waals surface area (Å²) in [6.45, 7) is 6.37. The highest BCUT2D eigenvalue weighted by Gasteiger charge is 2.16. The van der Waals surface area contributed by atoms with E-state index in [0.29, 0.717) is 11.7 Å². The second-order valence-electron chi connectivity index (χ2n) is 7.07. The normalized spacial score (nSPS) is 11.7. The lowest BCUT2D eigenvalue weighted by Crippen LogP contribution is -1.89. The van der Waals surface area contributed by atoms with E-state index in [1.54, 1.807) is 0 Å². The molecule has 3 heterocycles. The summed E-state index contributed by atoms with van der Waals surface area (Å²) < 4.78 is 7.39. The van der Waals surface area contributed by atoms with Crippen LogP contribution in [-0.4, -0.2) is 24.9 Å². The van der Waals surface area contributed by atoms with E-state index >= 15 is 0 Å². The van der Waals surface area contributed by atoms with Crippen molar-refractivity contribution in [1.82, 2.24) is 24.9 Å². The monoisotopic (exact) mass is 357 g/mol. The average Bonchev–Trinajstić information content (AvgIpc) is 3.38. The number of nitrogens with zero attached hydrogens (tertiary/aromatic N) is 4. The van der Waals surface area contributed by atoms with E-state index in [1.165, 1.54) is 22.1 Å². The molecule has 3 aromatic heterocycles. The summed E-state index contributed by atoms with van der Waals surface area (Å²) in [7, 11) is 1.92. The van der Waals surface area contributed by atoms with Gasteiger partial charge in [0.15, 0.2) is 0 Å². The van der Waals surface area contributed by atoms with Crippen LogP contribution in [0.3, 0.4) is 0 Å². The Morgan fingerprint density at radius 3 is 2.74 bits per heavy atom. The number of H-pyrrole nitrogens is 1. The quantitative estimate of drug-likeness (QED) is 0.497. The lowest BCUT2D eigenvalue weighted by molar-refractivity contribution is 0.431. The number of benzene rings is 2. The first-order chi connectivity index (χ1) is 13.0. The largest absolute Gasteiger partial charge is 0.350 e. The molecule has 6 nitrogen and oxygen atoms in total. The summed E-state index contributed by atoms with van der Waals surface area (Å²) in [5, 5.41) is 10.7. The Morgan fingerprint density at radius 2 is 1.89 bits per heavy atom. The van der Waals surface area contributed by atoms with Crippen molar-refractivity contribution in [2.75, 3.05) is 0 Å². The molecule has 6 heteroatoms. The summed E-state index contributed by atoms with van der Waals surface area (Å²) in [4.78, 5) is 8.06. The van der Waals surface area contributed by atoms with Crippen molar-refractivity contribution in [1.29, 1.82) is 0 Å². The smallest absolute Gasteiger partial charge is 0.274 e. The van der Waals surface area contributed by atoms with Crippen molar-refractivity contribution in [2.45, 2.75) is 20.8 Å². The molecule has 5 aromatic rings. The molecule has 0 radical (unpaired) electrons. The van der Waals surface area contributed by atoms with Crippen LogP contribution in [0.15, 0.2) is 41.1 Å². The fraction of sp³-hybridized carbons (Fsp3) is 0.190. The van der Waals surface area contributed by atoms with Crippen molar-refractivity contribution in [3.05, 3.63) is 53.2 Å². The first-order valence-corrected chi connectivity index (χ1v) is 8.87. The molecule has 27 heavy (non-hydrogen) atoms. The van der Waals surface area contributed by atoms with Gasteiger partial charge in [-0.2, -0.15) is 10.1 Å². The third-order valence-electron chi connectivity index (χ3n) is 5.31. The maximum atomic E-state index is 5.55. The van der Waals surface area contributed by atoms with E-state index in [9.17, 15) is 0 Å². The SMILES string of the molecule is Cc1cc(C)c2cc(-c3nc(-c4ccc5cnn(C)c5c4)no3)[nH]c2c1C. The molecule has 0 atom stereocenters. The van der Waals surface area contributed by atoms with Crippen LogP contribution in [0.4, 0.5) is 0 Å². The Bertz CT molecular complexity index is 1320. The van der Waals surface area contributed by atoms with Gasteiger partial charge < -0.3 is 9.51 Å².